The largest absolute Gasteiger partial charge is 0.370 e. The van der Waals surface area contributed by atoms with Gasteiger partial charge in [0.1, 0.15) is 12.3 Å². The molecule has 0 fully saturated rings. The van der Waals surface area contributed by atoms with Crippen LogP contribution in [0.2, 0.25) is 0 Å². The smallest absolute Gasteiger partial charge is 0.242 e. The number of benzene rings is 1. The minimum absolute atomic E-state index is 0.302. The standard InChI is InChI=1S/C16H22N4O4/c1-10(15(23)20-12(9-21)8-14(18)22)19-16(24)13(17)7-11-5-3-2-4-6-11/h2-6,9-10,12-13H,7-8,17H2,1H3,(H2,18,22)(H,19,24)(H,20,23)/t10-,12-,13-/m0/s1. The first-order valence-corrected chi connectivity index (χ1v) is 7.47. The van der Waals surface area contributed by atoms with E-state index in [2.05, 4.69) is 10.6 Å². The SMILES string of the molecule is C[C@H](NC(=O)[C@@H](N)Cc1ccccc1)C(=O)N[C@H](C=O)CC(N)=O. The molecule has 1 aromatic rings. The Morgan fingerprint density at radius 3 is 2.29 bits per heavy atom. The van der Waals surface area contributed by atoms with Gasteiger partial charge >= 0.3 is 0 Å². The summed E-state index contributed by atoms with van der Waals surface area (Å²) < 4.78 is 0. The maximum absolute atomic E-state index is 12.0. The number of hydrogen-bond donors (Lipinski definition) is 4. The van der Waals surface area contributed by atoms with E-state index in [0.29, 0.717) is 12.7 Å². The molecule has 0 aliphatic heterocycles. The lowest BCUT2D eigenvalue weighted by Crippen LogP contribution is -2.53. The summed E-state index contributed by atoms with van der Waals surface area (Å²) in [4.78, 5) is 45.6. The van der Waals surface area contributed by atoms with Crippen molar-refractivity contribution >= 4 is 24.0 Å². The fourth-order valence-electron chi connectivity index (χ4n) is 2.00. The van der Waals surface area contributed by atoms with Crippen LogP contribution in [0.3, 0.4) is 0 Å². The van der Waals surface area contributed by atoms with Gasteiger partial charge in [-0.1, -0.05) is 30.3 Å². The molecule has 0 radical (unpaired) electrons. The molecule has 0 aliphatic rings. The first kappa shape index (κ1) is 19.3. The van der Waals surface area contributed by atoms with Crippen LogP contribution in [0.4, 0.5) is 0 Å². The molecule has 3 atom stereocenters. The van der Waals surface area contributed by atoms with E-state index in [4.69, 9.17) is 11.5 Å². The number of carbonyl (C=O) groups is 4. The zero-order valence-corrected chi connectivity index (χ0v) is 13.4. The highest BCUT2D eigenvalue weighted by Crippen LogP contribution is 2.02. The van der Waals surface area contributed by atoms with Crippen LogP contribution in [0.25, 0.3) is 0 Å². The van der Waals surface area contributed by atoms with Gasteiger partial charge in [0, 0.05) is 0 Å². The topological polar surface area (TPSA) is 144 Å². The van der Waals surface area contributed by atoms with Crippen LogP contribution in [0, 0.1) is 0 Å². The summed E-state index contributed by atoms with van der Waals surface area (Å²) in [5.41, 5.74) is 11.7. The summed E-state index contributed by atoms with van der Waals surface area (Å²) in [5.74, 6) is -1.80. The summed E-state index contributed by atoms with van der Waals surface area (Å²) in [5, 5.41) is 4.80. The lowest BCUT2D eigenvalue weighted by molar-refractivity contribution is -0.130. The van der Waals surface area contributed by atoms with Crippen molar-refractivity contribution in [3.8, 4) is 0 Å². The Bertz CT molecular complexity index is 591. The molecule has 0 heterocycles. The fourth-order valence-corrected chi connectivity index (χ4v) is 2.00. The number of primary amides is 1. The van der Waals surface area contributed by atoms with Crippen LogP contribution in [-0.2, 0) is 25.6 Å². The molecule has 1 aromatic carbocycles. The quantitative estimate of drug-likeness (QED) is 0.411. The molecular weight excluding hydrogens is 312 g/mol. The maximum atomic E-state index is 12.0. The molecule has 0 spiro atoms. The van der Waals surface area contributed by atoms with E-state index in [-0.39, 0.29) is 6.42 Å². The average Bonchev–Trinajstić information content (AvgIpc) is 2.54. The van der Waals surface area contributed by atoms with Crippen LogP contribution >= 0.6 is 0 Å². The molecule has 0 aliphatic carbocycles. The monoisotopic (exact) mass is 334 g/mol. The van der Waals surface area contributed by atoms with Crippen molar-refractivity contribution in [3.05, 3.63) is 35.9 Å². The van der Waals surface area contributed by atoms with Crippen molar-refractivity contribution in [3.63, 3.8) is 0 Å². The van der Waals surface area contributed by atoms with Gasteiger partial charge in [0.2, 0.25) is 17.7 Å². The Balaban J connectivity index is 2.51. The Morgan fingerprint density at radius 1 is 1.12 bits per heavy atom. The van der Waals surface area contributed by atoms with E-state index >= 15 is 0 Å². The van der Waals surface area contributed by atoms with Crippen molar-refractivity contribution in [2.75, 3.05) is 0 Å². The van der Waals surface area contributed by atoms with E-state index < -0.39 is 35.8 Å². The predicted molar refractivity (Wildman–Crippen MR) is 87.5 cm³/mol. The molecule has 130 valence electrons. The molecule has 3 amide bonds. The summed E-state index contributed by atoms with van der Waals surface area (Å²) in [6.07, 6.45) is 0.446. The maximum Gasteiger partial charge on any atom is 0.242 e. The summed E-state index contributed by atoms with van der Waals surface area (Å²) in [7, 11) is 0. The Morgan fingerprint density at radius 2 is 1.75 bits per heavy atom. The molecule has 0 unspecified atom stereocenters. The third-order valence-corrected chi connectivity index (χ3v) is 3.30. The Labute approximate surface area is 140 Å². The lowest BCUT2D eigenvalue weighted by atomic mass is 10.1. The number of nitrogens with two attached hydrogens (primary N) is 2. The van der Waals surface area contributed by atoms with Crippen molar-refractivity contribution in [2.45, 2.75) is 37.9 Å². The first-order chi connectivity index (χ1) is 11.3. The molecule has 8 nitrogen and oxygen atoms in total. The van der Waals surface area contributed by atoms with E-state index in [1.54, 1.807) is 0 Å². The van der Waals surface area contributed by atoms with Gasteiger partial charge in [-0.3, -0.25) is 14.4 Å². The highest BCUT2D eigenvalue weighted by atomic mass is 16.2. The second-order valence-corrected chi connectivity index (χ2v) is 5.45. The van der Waals surface area contributed by atoms with Crippen LogP contribution in [0.1, 0.15) is 18.9 Å². The highest BCUT2D eigenvalue weighted by Gasteiger charge is 2.22. The average molecular weight is 334 g/mol. The number of amides is 3. The fraction of sp³-hybridized carbons (Fsp3) is 0.375. The van der Waals surface area contributed by atoms with Gasteiger partial charge in [0.15, 0.2) is 0 Å². The number of hydrogen-bond acceptors (Lipinski definition) is 5. The van der Waals surface area contributed by atoms with Gasteiger partial charge in [-0.2, -0.15) is 0 Å². The van der Waals surface area contributed by atoms with Crippen LogP contribution in [-0.4, -0.2) is 42.1 Å². The summed E-state index contributed by atoms with van der Waals surface area (Å²) in [6.45, 7) is 1.45. The third-order valence-electron chi connectivity index (χ3n) is 3.30. The lowest BCUT2D eigenvalue weighted by Gasteiger charge is -2.19. The van der Waals surface area contributed by atoms with Gasteiger partial charge in [0.25, 0.3) is 0 Å². The Hall–Kier alpha value is -2.74. The molecule has 1 rings (SSSR count). The molecule has 0 saturated heterocycles. The van der Waals surface area contributed by atoms with Gasteiger partial charge in [-0.25, -0.2) is 0 Å². The molecule has 8 heteroatoms. The van der Waals surface area contributed by atoms with E-state index in [1.165, 1.54) is 6.92 Å². The molecule has 6 N–H and O–H groups in total. The number of carbonyl (C=O) groups excluding carboxylic acids is 4. The normalized spacial score (nSPS) is 14.1. The minimum Gasteiger partial charge on any atom is -0.370 e. The second kappa shape index (κ2) is 9.41. The molecule has 24 heavy (non-hydrogen) atoms. The van der Waals surface area contributed by atoms with E-state index in [1.807, 2.05) is 30.3 Å². The minimum atomic E-state index is -1.02. The van der Waals surface area contributed by atoms with E-state index in [9.17, 15) is 19.2 Å². The van der Waals surface area contributed by atoms with Crippen molar-refractivity contribution < 1.29 is 19.2 Å². The summed E-state index contributed by atoms with van der Waals surface area (Å²) in [6, 6.07) is 6.50. The molecule has 0 bridgehead atoms. The van der Waals surface area contributed by atoms with Crippen molar-refractivity contribution in [1.29, 1.82) is 0 Å². The third kappa shape index (κ3) is 6.57. The van der Waals surface area contributed by atoms with Gasteiger partial charge in [-0.15, -0.1) is 0 Å². The highest BCUT2D eigenvalue weighted by molar-refractivity contribution is 5.91. The van der Waals surface area contributed by atoms with Crippen LogP contribution in [0.15, 0.2) is 30.3 Å². The van der Waals surface area contributed by atoms with Crippen LogP contribution in [0.5, 0.6) is 0 Å². The van der Waals surface area contributed by atoms with Gasteiger partial charge in [0.05, 0.1) is 18.5 Å². The zero-order valence-electron chi connectivity index (χ0n) is 13.4. The molecule has 0 saturated carbocycles. The molecular formula is C16H22N4O4. The zero-order chi connectivity index (χ0) is 18.1. The Kier molecular flexibility index (Phi) is 7.57. The number of aldehydes is 1. The van der Waals surface area contributed by atoms with Gasteiger partial charge < -0.3 is 26.9 Å². The first-order valence-electron chi connectivity index (χ1n) is 7.47. The number of nitrogens with one attached hydrogen (secondary N) is 2. The van der Waals surface area contributed by atoms with Gasteiger partial charge in [-0.05, 0) is 18.9 Å². The number of rotatable bonds is 9. The van der Waals surface area contributed by atoms with Crippen LogP contribution < -0.4 is 22.1 Å². The van der Waals surface area contributed by atoms with E-state index in [0.717, 1.165) is 5.56 Å². The predicted octanol–water partition coefficient (Wildman–Crippen LogP) is -1.38. The molecule has 0 aromatic heterocycles. The van der Waals surface area contributed by atoms with Crippen molar-refractivity contribution in [1.82, 2.24) is 10.6 Å². The summed E-state index contributed by atoms with van der Waals surface area (Å²) >= 11 is 0. The second-order valence-electron chi connectivity index (χ2n) is 5.45. The van der Waals surface area contributed by atoms with Crippen molar-refractivity contribution in [2.24, 2.45) is 11.5 Å².